The average molecular weight is 282 g/mol. The maximum absolute atomic E-state index is 5.59. The third-order valence-electron chi connectivity index (χ3n) is 2.25. The van der Waals surface area contributed by atoms with Crippen molar-refractivity contribution in [3.05, 3.63) is 42.0 Å². The molecule has 1 aromatic heterocycles. The molecule has 0 saturated heterocycles. The highest BCUT2D eigenvalue weighted by Gasteiger charge is 2.01. The predicted octanol–water partition coefficient (Wildman–Crippen LogP) is 2.29. The van der Waals surface area contributed by atoms with Crippen LogP contribution in [-0.2, 0) is 19.0 Å². The number of halogens is 1. The molecule has 5 heteroatoms. The molecule has 84 valence electrons. The largest absolute Gasteiger partial charge is 0.486 e. The summed E-state index contributed by atoms with van der Waals surface area (Å²) < 4.78 is 7.29. The Labute approximate surface area is 102 Å². The van der Waals surface area contributed by atoms with E-state index in [0.29, 0.717) is 6.61 Å². The standard InChI is InChI=1S/C11H12BrN3O/c1-15-11(13-8-14-15)7-16-10-4-2-9(6-12)3-5-10/h2-5,8H,6-7H2,1H3. The molecule has 0 bridgehead atoms. The summed E-state index contributed by atoms with van der Waals surface area (Å²) in [6, 6.07) is 7.96. The van der Waals surface area contributed by atoms with Gasteiger partial charge in [0, 0.05) is 12.4 Å². The van der Waals surface area contributed by atoms with E-state index in [1.807, 2.05) is 31.3 Å². The van der Waals surface area contributed by atoms with Crippen LogP contribution in [0, 0.1) is 0 Å². The molecular formula is C11H12BrN3O. The first kappa shape index (κ1) is 11.1. The molecule has 2 aromatic rings. The minimum absolute atomic E-state index is 0.435. The van der Waals surface area contributed by atoms with Crippen LogP contribution in [0.15, 0.2) is 30.6 Å². The number of hydrogen-bond donors (Lipinski definition) is 0. The molecule has 1 aromatic carbocycles. The van der Waals surface area contributed by atoms with E-state index in [4.69, 9.17) is 4.74 Å². The van der Waals surface area contributed by atoms with Gasteiger partial charge >= 0.3 is 0 Å². The maximum atomic E-state index is 5.59. The molecule has 0 aliphatic heterocycles. The number of benzene rings is 1. The fraction of sp³-hybridized carbons (Fsp3) is 0.273. The highest BCUT2D eigenvalue weighted by molar-refractivity contribution is 9.08. The average Bonchev–Trinajstić information content (AvgIpc) is 2.73. The fourth-order valence-electron chi connectivity index (χ4n) is 1.27. The van der Waals surface area contributed by atoms with Crippen molar-refractivity contribution in [2.45, 2.75) is 11.9 Å². The fourth-order valence-corrected chi connectivity index (χ4v) is 1.65. The van der Waals surface area contributed by atoms with Gasteiger partial charge < -0.3 is 4.74 Å². The van der Waals surface area contributed by atoms with E-state index in [1.54, 1.807) is 4.68 Å². The van der Waals surface area contributed by atoms with Crippen molar-refractivity contribution in [1.29, 1.82) is 0 Å². The molecule has 0 aliphatic carbocycles. The van der Waals surface area contributed by atoms with E-state index in [9.17, 15) is 0 Å². The SMILES string of the molecule is Cn1ncnc1COc1ccc(CBr)cc1. The minimum atomic E-state index is 0.435. The monoisotopic (exact) mass is 281 g/mol. The first-order chi connectivity index (χ1) is 7.79. The first-order valence-electron chi connectivity index (χ1n) is 4.90. The van der Waals surface area contributed by atoms with Crippen molar-refractivity contribution in [2.24, 2.45) is 7.05 Å². The quantitative estimate of drug-likeness (QED) is 0.808. The lowest BCUT2D eigenvalue weighted by molar-refractivity contribution is 0.289. The molecule has 0 atom stereocenters. The third kappa shape index (κ3) is 2.61. The number of aromatic nitrogens is 3. The van der Waals surface area contributed by atoms with Gasteiger partial charge in [-0.25, -0.2) is 4.98 Å². The molecule has 0 fully saturated rings. The Hall–Kier alpha value is -1.36. The summed E-state index contributed by atoms with van der Waals surface area (Å²) in [6.45, 7) is 0.435. The van der Waals surface area contributed by atoms with E-state index in [-0.39, 0.29) is 0 Å². The molecule has 0 saturated carbocycles. The van der Waals surface area contributed by atoms with E-state index in [1.165, 1.54) is 11.9 Å². The number of hydrogen-bond acceptors (Lipinski definition) is 3. The molecule has 1 heterocycles. The van der Waals surface area contributed by atoms with E-state index < -0.39 is 0 Å². The molecule has 0 amide bonds. The smallest absolute Gasteiger partial charge is 0.164 e. The van der Waals surface area contributed by atoms with Crippen LogP contribution in [0.3, 0.4) is 0 Å². The van der Waals surface area contributed by atoms with Crippen LogP contribution in [0.4, 0.5) is 0 Å². The van der Waals surface area contributed by atoms with Gasteiger partial charge in [0.25, 0.3) is 0 Å². The topological polar surface area (TPSA) is 39.9 Å². The van der Waals surface area contributed by atoms with Gasteiger partial charge in [0.05, 0.1) is 0 Å². The Balaban J connectivity index is 1.97. The highest BCUT2D eigenvalue weighted by atomic mass is 79.9. The summed E-state index contributed by atoms with van der Waals surface area (Å²) >= 11 is 3.40. The number of rotatable bonds is 4. The van der Waals surface area contributed by atoms with Crippen molar-refractivity contribution >= 4 is 15.9 Å². The molecule has 16 heavy (non-hydrogen) atoms. The summed E-state index contributed by atoms with van der Waals surface area (Å²) in [7, 11) is 1.85. The van der Waals surface area contributed by atoms with Gasteiger partial charge in [0.1, 0.15) is 18.7 Å². The second-order valence-corrected chi connectivity index (χ2v) is 3.93. The van der Waals surface area contributed by atoms with Crippen molar-refractivity contribution in [2.75, 3.05) is 0 Å². The molecule has 0 unspecified atom stereocenters. The predicted molar refractivity (Wildman–Crippen MR) is 64.4 cm³/mol. The number of ether oxygens (including phenoxy) is 1. The van der Waals surface area contributed by atoms with Crippen LogP contribution in [0.25, 0.3) is 0 Å². The van der Waals surface area contributed by atoms with Crippen molar-refractivity contribution < 1.29 is 4.74 Å². The van der Waals surface area contributed by atoms with Crippen LogP contribution in [-0.4, -0.2) is 14.8 Å². The van der Waals surface area contributed by atoms with Gasteiger partial charge in [-0.2, -0.15) is 5.10 Å². The normalized spacial score (nSPS) is 10.4. The Morgan fingerprint density at radius 1 is 1.31 bits per heavy atom. The molecule has 0 N–H and O–H groups in total. The third-order valence-corrected chi connectivity index (χ3v) is 2.90. The summed E-state index contributed by atoms with van der Waals surface area (Å²) in [5, 5.41) is 4.83. The van der Waals surface area contributed by atoms with Crippen molar-refractivity contribution in [3.63, 3.8) is 0 Å². The van der Waals surface area contributed by atoms with Crippen LogP contribution in [0.2, 0.25) is 0 Å². The van der Waals surface area contributed by atoms with Crippen LogP contribution in [0.1, 0.15) is 11.4 Å². The second-order valence-electron chi connectivity index (χ2n) is 3.37. The van der Waals surface area contributed by atoms with Gasteiger partial charge in [-0.05, 0) is 17.7 Å². The van der Waals surface area contributed by atoms with Gasteiger partial charge in [0.2, 0.25) is 0 Å². The van der Waals surface area contributed by atoms with Crippen LogP contribution < -0.4 is 4.74 Å². The number of aryl methyl sites for hydroxylation is 1. The molecule has 0 aliphatic rings. The van der Waals surface area contributed by atoms with Gasteiger partial charge in [-0.15, -0.1) is 0 Å². The summed E-state index contributed by atoms with van der Waals surface area (Å²) in [5.74, 6) is 1.65. The molecule has 2 rings (SSSR count). The summed E-state index contributed by atoms with van der Waals surface area (Å²) in [6.07, 6.45) is 1.52. The molecular weight excluding hydrogens is 270 g/mol. The van der Waals surface area contributed by atoms with Gasteiger partial charge in [0.15, 0.2) is 5.82 Å². The zero-order chi connectivity index (χ0) is 11.4. The Kier molecular flexibility index (Phi) is 3.56. The second kappa shape index (κ2) is 5.12. The van der Waals surface area contributed by atoms with Gasteiger partial charge in [-0.3, -0.25) is 4.68 Å². The molecule has 0 spiro atoms. The lowest BCUT2D eigenvalue weighted by Gasteiger charge is -2.05. The lowest BCUT2D eigenvalue weighted by atomic mass is 10.2. The van der Waals surface area contributed by atoms with Crippen LogP contribution in [0.5, 0.6) is 5.75 Å². The summed E-state index contributed by atoms with van der Waals surface area (Å²) in [4.78, 5) is 4.08. The lowest BCUT2D eigenvalue weighted by Crippen LogP contribution is -2.04. The first-order valence-corrected chi connectivity index (χ1v) is 6.02. The molecule has 4 nitrogen and oxygen atoms in total. The Bertz CT molecular complexity index is 453. The van der Waals surface area contributed by atoms with E-state index >= 15 is 0 Å². The maximum Gasteiger partial charge on any atom is 0.164 e. The zero-order valence-electron chi connectivity index (χ0n) is 8.93. The molecule has 0 radical (unpaired) electrons. The zero-order valence-corrected chi connectivity index (χ0v) is 10.5. The highest BCUT2D eigenvalue weighted by Crippen LogP contribution is 2.14. The van der Waals surface area contributed by atoms with Gasteiger partial charge in [-0.1, -0.05) is 28.1 Å². The van der Waals surface area contributed by atoms with Crippen molar-refractivity contribution in [1.82, 2.24) is 14.8 Å². The Morgan fingerprint density at radius 3 is 2.62 bits per heavy atom. The number of alkyl halides is 1. The summed E-state index contributed by atoms with van der Waals surface area (Å²) in [5.41, 5.74) is 1.23. The number of nitrogens with zero attached hydrogens (tertiary/aromatic N) is 3. The Morgan fingerprint density at radius 2 is 2.06 bits per heavy atom. The van der Waals surface area contributed by atoms with E-state index in [0.717, 1.165) is 16.9 Å². The minimum Gasteiger partial charge on any atom is -0.486 e. The van der Waals surface area contributed by atoms with E-state index in [2.05, 4.69) is 26.0 Å². The van der Waals surface area contributed by atoms with Crippen molar-refractivity contribution in [3.8, 4) is 5.75 Å². The van der Waals surface area contributed by atoms with Crippen LogP contribution >= 0.6 is 15.9 Å².